The molecule has 1 atom stereocenters. The lowest BCUT2D eigenvalue weighted by Gasteiger charge is -2.15. The first-order valence-electron chi connectivity index (χ1n) is 9.01. The summed E-state index contributed by atoms with van der Waals surface area (Å²) in [5.41, 5.74) is 1.19. The van der Waals surface area contributed by atoms with Crippen molar-refractivity contribution in [2.45, 2.75) is 20.0 Å². The highest BCUT2D eigenvalue weighted by Gasteiger charge is 2.24. The van der Waals surface area contributed by atoms with Gasteiger partial charge >= 0.3 is 5.97 Å². The Labute approximate surface area is 171 Å². The van der Waals surface area contributed by atoms with E-state index in [0.717, 1.165) is 0 Å². The van der Waals surface area contributed by atoms with Crippen LogP contribution in [-0.4, -0.2) is 35.0 Å². The smallest absolute Gasteiger partial charge is 0.339 e. The summed E-state index contributed by atoms with van der Waals surface area (Å²) in [6.07, 6.45) is -1.19. The summed E-state index contributed by atoms with van der Waals surface area (Å²) in [5, 5.41) is 14.3. The molecule has 0 unspecified atom stereocenters. The number of methoxy groups -OCH3 is 1. The van der Waals surface area contributed by atoms with Gasteiger partial charge in [0.25, 0.3) is 11.6 Å². The minimum Gasteiger partial charge on any atom is -0.496 e. The number of fused-ring (bicyclic) bond motifs is 1. The maximum absolute atomic E-state index is 12.7. The zero-order chi connectivity index (χ0) is 21.8. The third-order valence-electron chi connectivity index (χ3n) is 4.38. The van der Waals surface area contributed by atoms with E-state index < -0.39 is 22.9 Å². The minimum absolute atomic E-state index is 0.0288. The standard InChI is InChI=1S/C21H19N3O6/c1-12-10-16(15-6-4-5-7-17(15)22-12)21(26)30-13(2)20(25)23-18-9-8-14(29-3)11-19(18)24(27)28/h4-11,13H,1-3H3,(H,23,25)/t13-/m0/s1. The minimum atomic E-state index is -1.19. The van der Waals surface area contributed by atoms with Crippen LogP contribution in [0.5, 0.6) is 5.75 Å². The van der Waals surface area contributed by atoms with Crippen molar-refractivity contribution in [3.63, 3.8) is 0 Å². The SMILES string of the molecule is COc1ccc(NC(=O)[C@H](C)OC(=O)c2cc(C)nc3ccccc23)c([N+](=O)[O-])c1. The van der Waals surface area contributed by atoms with Crippen molar-refractivity contribution in [1.29, 1.82) is 0 Å². The molecule has 9 heteroatoms. The molecule has 0 aliphatic carbocycles. The van der Waals surface area contributed by atoms with Crippen molar-refractivity contribution >= 4 is 34.2 Å². The van der Waals surface area contributed by atoms with Gasteiger partial charge in [0.15, 0.2) is 6.10 Å². The number of hydrogen-bond donors (Lipinski definition) is 1. The number of pyridine rings is 1. The molecule has 0 saturated heterocycles. The summed E-state index contributed by atoms with van der Waals surface area (Å²) in [4.78, 5) is 40.2. The number of hydrogen-bond acceptors (Lipinski definition) is 7. The van der Waals surface area contributed by atoms with Crippen LogP contribution in [0.25, 0.3) is 10.9 Å². The zero-order valence-electron chi connectivity index (χ0n) is 16.5. The summed E-state index contributed by atoms with van der Waals surface area (Å²) in [7, 11) is 1.38. The summed E-state index contributed by atoms with van der Waals surface area (Å²) < 4.78 is 10.3. The van der Waals surface area contributed by atoms with Crippen LogP contribution in [-0.2, 0) is 9.53 Å². The molecule has 0 aliphatic heterocycles. The van der Waals surface area contributed by atoms with Gasteiger partial charge in [0.05, 0.1) is 29.2 Å². The summed E-state index contributed by atoms with van der Waals surface area (Å²) in [6.45, 7) is 3.14. The zero-order valence-corrected chi connectivity index (χ0v) is 16.5. The normalized spacial score (nSPS) is 11.6. The van der Waals surface area contributed by atoms with Crippen LogP contribution in [0.2, 0.25) is 0 Å². The van der Waals surface area contributed by atoms with Gasteiger partial charge < -0.3 is 14.8 Å². The van der Waals surface area contributed by atoms with Crippen molar-refractivity contribution in [3.8, 4) is 5.75 Å². The molecule has 1 amide bonds. The van der Waals surface area contributed by atoms with Crippen LogP contribution >= 0.6 is 0 Å². The second-order valence-corrected chi connectivity index (χ2v) is 6.51. The second-order valence-electron chi connectivity index (χ2n) is 6.51. The Morgan fingerprint density at radius 3 is 2.60 bits per heavy atom. The average Bonchev–Trinajstić information content (AvgIpc) is 2.72. The van der Waals surface area contributed by atoms with Gasteiger partial charge in [-0.1, -0.05) is 18.2 Å². The van der Waals surface area contributed by atoms with Crippen LogP contribution in [0.1, 0.15) is 23.0 Å². The highest BCUT2D eigenvalue weighted by Crippen LogP contribution is 2.29. The Morgan fingerprint density at radius 1 is 1.17 bits per heavy atom. The molecule has 0 saturated carbocycles. The first-order valence-corrected chi connectivity index (χ1v) is 9.01. The number of aromatic nitrogens is 1. The summed E-state index contributed by atoms with van der Waals surface area (Å²) >= 11 is 0. The lowest BCUT2D eigenvalue weighted by molar-refractivity contribution is -0.384. The fraction of sp³-hybridized carbons (Fsp3) is 0.190. The van der Waals surface area contributed by atoms with E-state index in [-0.39, 0.29) is 22.7 Å². The van der Waals surface area contributed by atoms with Gasteiger partial charge in [0.1, 0.15) is 11.4 Å². The predicted molar refractivity (Wildman–Crippen MR) is 110 cm³/mol. The van der Waals surface area contributed by atoms with Crippen LogP contribution in [0.15, 0.2) is 48.5 Å². The Hall–Kier alpha value is -4.01. The molecule has 0 radical (unpaired) electrons. The van der Waals surface area contributed by atoms with Crippen LogP contribution < -0.4 is 10.1 Å². The number of ether oxygens (including phenoxy) is 2. The molecule has 3 aromatic rings. The molecule has 1 heterocycles. The quantitative estimate of drug-likeness (QED) is 0.375. The molecule has 3 rings (SSSR count). The van der Waals surface area contributed by atoms with E-state index in [0.29, 0.717) is 16.6 Å². The molecule has 9 nitrogen and oxygen atoms in total. The maximum atomic E-state index is 12.7. The van der Waals surface area contributed by atoms with E-state index >= 15 is 0 Å². The van der Waals surface area contributed by atoms with E-state index in [9.17, 15) is 19.7 Å². The molecular weight excluding hydrogens is 390 g/mol. The number of anilines is 1. The molecule has 1 N–H and O–H groups in total. The second kappa shape index (κ2) is 8.56. The highest BCUT2D eigenvalue weighted by molar-refractivity contribution is 6.05. The largest absolute Gasteiger partial charge is 0.496 e. The first kappa shape index (κ1) is 20.7. The number of para-hydroxylation sites is 1. The molecular formula is C21H19N3O6. The van der Waals surface area contributed by atoms with Gasteiger partial charge in [-0.3, -0.25) is 19.9 Å². The molecule has 154 valence electrons. The summed E-state index contributed by atoms with van der Waals surface area (Å²) in [6, 6.07) is 12.7. The lowest BCUT2D eigenvalue weighted by Crippen LogP contribution is -2.30. The van der Waals surface area contributed by atoms with E-state index in [2.05, 4.69) is 10.3 Å². The fourth-order valence-corrected chi connectivity index (χ4v) is 2.88. The molecule has 1 aromatic heterocycles. The topological polar surface area (TPSA) is 121 Å². The van der Waals surface area contributed by atoms with Gasteiger partial charge in [-0.2, -0.15) is 0 Å². The van der Waals surface area contributed by atoms with Gasteiger partial charge in [-0.25, -0.2) is 4.79 Å². The van der Waals surface area contributed by atoms with Gasteiger partial charge in [-0.05, 0) is 38.1 Å². The lowest BCUT2D eigenvalue weighted by atomic mass is 10.1. The number of nitrogens with one attached hydrogen (secondary N) is 1. The number of aryl methyl sites for hydroxylation is 1. The number of nitro benzene ring substituents is 1. The molecule has 0 bridgehead atoms. The summed E-state index contributed by atoms with van der Waals surface area (Å²) in [5.74, 6) is -1.12. The molecule has 2 aromatic carbocycles. The monoisotopic (exact) mass is 409 g/mol. The molecule has 0 aliphatic rings. The van der Waals surface area contributed by atoms with Gasteiger partial charge in [0.2, 0.25) is 0 Å². The number of nitro groups is 1. The third kappa shape index (κ3) is 4.35. The number of nitrogens with zero attached hydrogens (tertiary/aromatic N) is 2. The number of benzene rings is 2. The van der Waals surface area contributed by atoms with Crippen LogP contribution in [0.4, 0.5) is 11.4 Å². The molecule has 0 fully saturated rings. The van der Waals surface area contributed by atoms with Crippen molar-refractivity contribution in [1.82, 2.24) is 4.98 Å². The van der Waals surface area contributed by atoms with E-state index in [1.165, 1.54) is 32.2 Å². The Morgan fingerprint density at radius 2 is 1.90 bits per heavy atom. The van der Waals surface area contributed by atoms with Crippen LogP contribution in [0, 0.1) is 17.0 Å². The predicted octanol–water partition coefficient (Wildman–Crippen LogP) is 3.64. The van der Waals surface area contributed by atoms with Gasteiger partial charge in [0, 0.05) is 11.1 Å². The Kier molecular flexibility index (Phi) is 5.91. The van der Waals surface area contributed by atoms with E-state index in [4.69, 9.17) is 9.47 Å². The number of carbonyl (C=O) groups is 2. The fourth-order valence-electron chi connectivity index (χ4n) is 2.88. The number of carbonyl (C=O) groups excluding carboxylic acids is 2. The van der Waals surface area contributed by atoms with Crippen molar-refractivity contribution < 1.29 is 24.0 Å². The van der Waals surface area contributed by atoms with Crippen molar-refractivity contribution in [2.24, 2.45) is 0 Å². The average molecular weight is 409 g/mol. The third-order valence-corrected chi connectivity index (χ3v) is 4.38. The van der Waals surface area contributed by atoms with E-state index in [1.54, 1.807) is 31.2 Å². The number of esters is 1. The first-order chi connectivity index (χ1) is 14.3. The van der Waals surface area contributed by atoms with Crippen molar-refractivity contribution in [3.05, 3.63) is 69.9 Å². The Bertz CT molecular complexity index is 1140. The maximum Gasteiger partial charge on any atom is 0.339 e. The molecule has 30 heavy (non-hydrogen) atoms. The van der Waals surface area contributed by atoms with Crippen LogP contribution in [0.3, 0.4) is 0 Å². The Balaban J connectivity index is 1.79. The van der Waals surface area contributed by atoms with Crippen molar-refractivity contribution in [2.75, 3.05) is 12.4 Å². The molecule has 0 spiro atoms. The van der Waals surface area contributed by atoms with E-state index in [1.807, 2.05) is 6.07 Å². The van der Waals surface area contributed by atoms with Gasteiger partial charge in [-0.15, -0.1) is 0 Å². The number of amides is 1. The number of rotatable bonds is 6. The highest BCUT2D eigenvalue weighted by atomic mass is 16.6.